The van der Waals surface area contributed by atoms with Gasteiger partial charge in [-0.05, 0) is 31.4 Å². The van der Waals surface area contributed by atoms with Gasteiger partial charge in [-0.25, -0.2) is 0 Å². The standard InChI is InChI=1S/C19H27N3O3/c1-25-15-8-17(23)21-13-9-19(10-14-21,18(24)22-11-5-12-22)20-16-6-3-2-4-7-16/h2-4,6-7,20H,5,8-15H2,1H3. The molecule has 0 unspecified atom stereocenters. The number of hydrogen-bond acceptors (Lipinski definition) is 4. The SMILES string of the molecule is COCCC(=O)N1CCC(Nc2ccccc2)(C(=O)N2CCC2)CC1. The highest BCUT2D eigenvalue weighted by Gasteiger charge is 2.45. The van der Waals surface area contributed by atoms with Crippen molar-refractivity contribution in [1.82, 2.24) is 9.80 Å². The van der Waals surface area contributed by atoms with Crippen LogP contribution in [0.2, 0.25) is 0 Å². The van der Waals surface area contributed by atoms with Crippen molar-refractivity contribution < 1.29 is 14.3 Å². The second kappa shape index (κ2) is 7.87. The Morgan fingerprint density at radius 3 is 2.32 bits per heavy atom. The van der Waals surface area contributed by atoms with E-state index in [-0.39, 0.29) is 11.8 Å². The van der Waals surface area contributed by atoms with Crippen molar-refractivity contribution in [3.63, 3.8) is 0 Å². The molecule has 6 nitrogen and oxygen atoms in total. The van der Waals surface area contributed by atoms with Crippen molar-refractivity contribution in [2.24, 2.45) is 0 Å². The first-order valence-electron chi connectivity index (χ1n) is 9.04. The third-order valence-corrected chi connectivity index (χ3v) is 5.20. The number of benzene rings is 1. The highest BCUT2D eigenvalue weighted by molar-refractivity contribution is 5.90. The van der Waals surface area contributed by atoms with Crippen molar-refractivity contribution in [2.45, 2.75) is 31.2 Å². The van der Waals surface area contributed by atoms with E-state index in [1.165, 1.54) is 0 Å². The van der Waals surface area contributed by atoms with Crippen molar-refractivity contribution in [1.29, 1.82) is 0 Å². The molecule has 1 N–H and O–H groups in total. The van der Waals surface area contributed by atoms with Crippen molar-refractivity contribution in [2.75, 3.05) is 45.2 Å². The number of ether oxygens (including phenoxy) is 1. The Morgan fingerprint density at radius 1 is 1.08 bits per heavy atom. The average Bonchev–Trinajstić information content (AvgIpc) is 2.59. The third-order valence-electron chi connectivity index (χ3n) is 5.20. The third kappa shape index (κ3) is 3.95. The Labute approximate surface area is 149 Å². The zero-order valence-corrected chi connectivity index (χ0v) is 14.9. The quantitative estimate of drug-likeness (QED) is 0.853. The van der Waals surface area contributed by atoms with Crippen molar-refractivity contribution in [3.8, 4) is 0 Å². The van der Waals surface area contributed by atoms with Crippen LogP contribution in [0.1, 0.15) is 25.7 Å². The van der Waals surface area contributed by atoms with Gasteiger partial charge in [-0.3, -0.25) is 9.59 Å². The maximum atomic E-state index is 13.1. The fourth-order valence-corrected chi connectivity index (χ4v) is 3.50. The van der Waals surface area contributed by atoms with Crippen LogP contribution in [0.15, 0.2) is 30.3 Å². The summed E-state index contributed by atoms with van der Waals surface area (Å²) in [5, 5.41) is 3.49. The van der Waals surface area contributed by atoms with Gasteiger partial charge in [0.05, 0.1) is 13.0 Å². The van der Waals surface area contributed by atoms with Gasteiger partial charge in [0.2, 0.25) is 11.8 Å². The lowest BCUT2D eigenvalue weighted by Gasteiger charge is -2.46. The van der Waals surface area contributed by atoms with E-state index in [4.69, 9.17) is 4.74 Å². The van der Waals surface area contributed by atoms with E-state index in [0.29, 0.717) is 39.0 Å². The van der Waals surface area contributed by atoms with Crippen LogP contribution in [-0.4, -0.2) is 67.0 Å². The predicted molar refractivity (Wildman–Crippen MR) is 96.3 cm³/mol. The Hall–Kier alpha value is -2.08. The molecule has 2 heterocycles. The van der Waals surface area contributed by atoms with Gasteiger partial charge in [-0.2, -0.15) is 0 Å². The molecular formula is C19H27N3O3. The van der Waals surface area contributed by atoms with Gasteiger partial charge in [0.15, 0.2) is 0 Å². The number of amides is 2. The van der Waals surface area contributed by atoms with E-state index in [9.17, 15) is 9.59 Å². The maximum Gasteiger partial charge on any atom is 0.248 e. The monoisotopic (exact) mass is 345 g/mol. The van der Waals surface area contributed by atoms with E-state index < -0.39 is 5.54 Å². The van der Waals surface area contributed by atoms with Crippen LogP contribution in [0.5, 0.6) is 0 Å². The molecule has 2 saturated heterocycles. The van der Waals surface area contributed by atoms with Crippen LogP contribution in [0, 0.1) is 0 Å². The number of nitrogens with zero attached hydrogens (tertiary/aromatic N) is 2. The molecule has 0 atom stereocenters. The summed E-state index contributed by atoms with van der Waals surface area (Å²) < 4.78 is 4.99. The maximum absolute atomic E-state index is 13.1. The van der Waals surface area contributed by atoms with Gasteiger partial charge in [0.1, 0.15) is 5.54 Å². The molecule has 0 saturated carbocycles. The number of likely N-dealkylation sites (tertiary alicyclic amines) is 2. The molecule has 2 aliphatic rings. The number of carbonyl (C=O) groups is 2. The van der Waals surface area contributed by atoms with Crippen molar-refractivity contribution in [3.05, 3.63) is 30.3 Å². The Bertz CT molecular complexity index is 593. The number of para-hydroxylation sites is 1. The van der Waals surface area contributed by atoms with E-state index in [1.807, 2.05) is 40.1 Å². The fraction of sp³-hybridized carbons (Fsp3) is 0.579. The van der Waals surface area contributed by atoms with E-state index in [1.54, 1.807) is 7.11 Å². The fourth-order valence-electron chi connectivity index (χ4n) is 3.50. The zero-order chi connectivity index (χ0) is 17.7. The molecule has 6 heteroatoms. The highest BCUT2D eigenvalue weighted by atomic mass is 16.5. The van der Waals surface area contributed by atoms with E-state index >= 15 is 0 Å². The second-order valence-corrected chi connectivity index (χ2v) is 6.84. The molecule has 1 aromatic carbocycles. The van der Waals surface area contributed by atoms with Crippen LogP contribution in [0.3, 0.4) is 0 Å². The number of rotatable bonds is 6. The summed E-state index contributed by atoms with van der Waals surface area (Å²) in [5.74, 6) is 0.276. The van der Waals surface area contributed by atoms with Crippen LogP contribution >= 0.6 is 0 Å². The molecule has 136 valence electrons. The number of carbonyl (C=O) groups excluding carboxylic acids is 2. The predicted octanol–water partition coefficient (Wildman–Crippen LogP) is 1.73. The summed E-state index contributed by atoms with van der Waals surface area (Å²) in [7, 11) is 1.60. The first kappa shape index (κ1) is 17.7. The van der Waals surface area contributed by atoms with Gasteiger partial charge in [-0.1, -0.05) is 18.2 Å². The molecule has 2 amide bonds. The van der Waals surface area contributed by atoms with Crippen molar-refractivity contribution >= 4 is 17.5 Å². The minimum atomic E-state index is -0.611. The Morgan fingerprint density at radius 2 is 1.76 bits per heavy atom. The number of nitrogens with one attached hydrogen (secondary N) is 1. The lowest BCUT2D eigenvalue weighted by atomic mass is 9.84. The minimum Gasteiger partial charge on any atom is -0.384 e. The normalized spacial score (nSPS) is 19.2. The lowest BCUT2D eigenvalue weighted by Crippen LogP contribution is -2.62. The molecule has 0 radical (unpaired) electrons. The minimum absolute atomic E-state index is 0.103. The molecular weight excluding hydrogens is 318 g/mol. The summed E-state index contributed by atoms with van der Waals surface area (Å²) in [6.45, 7) is 3.32. The van der Waals surface area contributed by atoms with Gasteiger partial charge in [0.25, 0.3) is 0 Å². The molecule has 0 spiro atoms. The molecule has 2 aliphatic heterocycles. The first-order valence-corrected chi connectivity index (χ1v) is 9.04. The summed E-state index contributed by atoms with van der Waals surface area (Å²) in [4.78, 5) is 29.1. The molecule has 0 aromatic heterocycles. The lowest BCUT2D eigenvalue weighted by molar-refractivity contribution is -0.144. The summed E-state index contributed by atoms with van der Waals surface area (Å²) >= 11 is 0. The molecule has 25 heavy (non-hydrogen) atoms. The highest BCUT2D eigenvalue weighted by Crippen LogP contribution is 2.31. The summed E-state index contributed by atoms with van der Waals surface area (Å²) in [6.07, 6.45) is 2.75. The van der Waals surface area contributed by atoms with Gasteiger partial charge < -0.3 is 19.9 Å². The molecule has 0 aliphatic carbocycles. The van der Waals surface area contributed by atoms with E-state index in [0.717, 1.165) is 25.2 Å². The van der Waals surface area contributed by atoms with Gasteiger partial charge in [0, 0.05) is 39.0 Å². The molecule has 1 aromatic rings. The topological polar surface area (TPSA) is 61.9 Å². The number of anilines is 1. The molecule has 3 rings (SSSR count). The molecule has 2 fully saturated rings. The summed E-state index contributed by atoms with van der Waals surface area (Å²) in [6, 6.07) is 9.87. The van der Waals surface area contributed by atoms with Crippen LogP contribution in [0.4, 0.5) is 5.69 Å². The largest absolute Gasteiger partial charge is 0.384 e. The number of hydrogen-bond donors (Lipinski definition) is 1. The van der Waals surface area contributed by atoms with Crippen LogP contribution in [-0.2, 0) is 14.3 Å². The number of piperidine rings is 1. The smallest absolute Gasteiger partial charge is 0.248 e. The zero-order valence-electron chi connectivity index (χ0n) is 14.9. The average molecular weight is 345 g/mol. The van der Waals surface area contributed by atoms with E-state index in [2.05, 4.69) is 5.32 Å². The van der Waals surface area contributed by atoms with Gasteiger partial charge in [-0.15, -0.1) is 0 Å². The first-order chi connectivity index (χ1) is 12.1. The molecule has 0 bridgehead atoms. The Kier molecular flexibility index (Phi) is 5.58. The second-order valence-electron chi connectivity index (χ2n) is 6.84. The summed E-state index contributed by atoms with van der Waals surface area (Å²) in [5.41, 5.74) is 0.343. The Balaban J connectivity index is 1.70. The van der Waals surface area contributed by atoms with Gasteiger partial charge >= 0.3 is 0 Å². The number of methoxy groups -OCH3 is 1. The van der Waals surface area contributed by atoms with Crippen LogP contribution < -0.4 is 5.32 Å². The van der Waals surface area contributed by atoms with Crippen LogP contribution in [0.25, 0.3) is 0 Å².